The summed E-state index contributed by atoms with van der Waals surface area (Å²) >= 11 is 0. The van der Waals surface area contributed by atoms with Crippen molar-refractivity contribution < 1.29 is 18.0 Å². The van der Waals surface area contributed by atoms with Crippen LogP contribution in [0.2, 0.25) is 0 Å². The van der Waals surface area contributed by atoms with Crippen LogP contribution in [0.4, 0.5) is 18.9 Å². The molecule has 0 aliphatic rings. The third-order valence-electron chi connectivity index (χ3n) is 2.45. The first-order valence-corrected chi connectivity index (χ1v) is 5.81. The van der Waals surface area contributed by atoms with Crippen molar-refractivity contribution >= 4 is 11.6 Å². The molecule has 1 aromatic heterocycles. The van der Waals surface area contributed by atoms with Crippen molar-refractivity contribution in [2.45, 2.75) is 25.9 Å². The maximum absolute atomic E-state index is 12.3. The van der Waals surface area contributed by atoms with Crippen LogP contribution in [0.15, 0.2) is 6.20 Å². The quantitative estimate of drug-likeness (QED) is 0.649. The zero-order valence-electron chi connectivity index (χ0n) is 11.3. The van der Waals surface area contributed by atoms with Crippen molar-refractivity contribution in [3.8, 4) is 0 Å². The molecule has 0 spiro atoms. The first-order valence-electron chi connectivity index (χ1n) is 5.81. The number of carbonyl (C=O) groups is 1. The molecule has 0 fully saturated rings. The van der Waals surface area contributed by atoms with Crippen LogP contribution in [-0.4, -0.2) is 40.5 Å². The molecule has 0 unspecified atom stereocenters. The first kappa shape index (κ1) is 16.2. The summed E-state index contributed by atoms with van der Waals surface area (Å²) in [4.78, 5) is 20.5. The second-order valence-corrected chi connectivity index (χ2v) is 4.57. The monoisotopic (exact) mass is 291 g/mol. The molecule has 0 atom stereocenters. The number of nitrogen functional groups attached to an aromatic ring is 1. The number of hydrazine groups is 1. The third-order valence-corrected chi connectivity index (χ3v) is 2.45. The Morgan fingerprint density at radius 1 is 1.50 bits per heavy atom. The van der Waals surface area contributed by atoms with Crippen molar-refractivity contribution in [1.29, 1.82) is 0 Å². The normalized spacial score (nSPS) is 11.6. The summed E-state index contributed by atoms with van der Waals surface area (Å²) in [5.74, 6) is 4.63. The maximum atomic E-state index is 12.3. The molecule has 112 valence electrons. The fourth-order valence-electron chi connectivity index (χ4n) is 1.46. The van der Waals surface area contributed by atoms with Crippen LogP contribution in [0.3, 0.4) is 0 Å². The zero-order chi connectivity index (χ0) is 15.5. The van der Waals surface area contributed by atoms with E-state index in [-0.39, 0.29) is 17.3 Å². The molecule has 0 saturated carbocycles. The van der Waals surface area contributed by atoms with Crippen molar-refractivity contribution in [2.75, 3.05) is 19.0 Å². The maximum Gasteiger partial charge on any atom is 0.406 e. The summed E-state index contributed by atoms with van der Waals surface area (Å²) in [6.07, 6.45) is -3.20. The van der Waals surface area contributed by atoms with Crippen molar-refractivity contribution in [2.24, 2.45) is 5.84 Å². The SMILES string of the molecule is CC(C)c1ncc(NN)c(C(=O)N(C)CC(F)(F)F)n1. The molecule has 1 aromatic rings. The number of amides is 1. The topological polar surface area (TPSA) is 84.1 Å². The lowest BCUT2D eigenvalue weighted by Gasteiger charge is -2.20. The molecular weight excluding hydrogens is 275 g/mol. The minimum atomic E-state index is -4.48. The first-order chi connectivity index (χ1) is 9.15. The Morgan fingerprint density at radius 3 is 2.55 bits per heavy atom. The van der Waals surface area contributed by atoms with Gasteiger partial charge in [-0.05, 0) is 0 Å². The van der Waals surface area contributed by atoms with Gasteiger partial charge in [0.2, 0.25) is 0 Å². The highest BCUT2D eigenvalue weighted by molar-refractivity contribution is 5.97. The molecule has 1 heterocycles. The smallest absolute Gasteiger partial charge is 0.331 e. The number of carbonyl (C=O) groups excluding carboxylic acids is 1. The molecule has 1 rings (SSSR count). The Morgan fingerprint density at radius 2 is 2.10 bits per heavy atom. The van der Waals surface area contributed by atoms with Gasteiger partial charge in [0.25, 0.3) is 5.91 Å². The number of rotatable bonds is 4. The lowest BCUT2D eigenvalue weighted by atomic mass is 10.2. The van der Waals surface area contributed by atoms with E-state index in [9.17, 15) is 18.0 Å². The molecule has 6 nitrogen and oxygen atoms in total. The number of halogens is 3. The second kappa shape index (κ2) is 6.04. The van der Waals surface area contributed by atoms with E-state index in [4.69, 9.17) is 5.84 Å². The van der Waals surface area contributed by atoms with Crippen LogP contribution in [0, 0.1) is 0 Å². The largest absolute Gasteiger partial charge is 0.406 e. The van der Waals surface area contributed by atoms with E-state index in [2.05, 4.69) is 15.4 Å². The standard InChI is InChI=1S/C11H16F3N5O/c1-6(2)9-16-4-7(18-15)8(17-9)10(20)19(3)5-11(12,13)14/h4,6,18H,5,15H2,1-3H3. The summed E-state index contributed by atoms with van der Waals surface area (Å²) in [7, 11) is 1.05. The third kappa shape index (κ3) is 4.05. The molecule has 0 aromatic carbocycles. The zero-order valence-corrected chi connectivity index (χ0v) is 11.3. The van der Waals surface area contributed by atoms with Gasteiger partial charge in [0.15, 0.2) is 5.69 Å². The van der Waals surface area contributed by atoms with E-state index < -0.39 is 18.6 Å². The van der Waals surface area contributed by atoms with Crippen molar-refractivity contribution in [3.63, 3.8) is 0 Å². The van der Waals surface area contributed by atoms with E-state index in [0.717, 1.165) is 7.05 Å². The molecule has 9 heteroatoms. The summed E-state index contributed by atoms with van der Waals surface area (Å²) in [5.41, 5.74) is 2.10. The molecule has 3 N–H and O–H groups in total. The number of nitrogens with zero attached hydrogens (tertiary/aromatic N) is 3. The highest BCUT2D eigenvalue weighted by Crippen LogP contribution is 2.20. The van der Waals surface area contributed by atoms with Crippen LogP contribution in [0.25, 0.3) is 0 Å². The van der Waals surface area contributed by atoms with Crippen LogP contribution in [0.1, 0.15) is 36.1 Å². The Balaban J connectivity index is 3.10. The molecule has 0 aliphatic heterocycles. The van der Waals surface area contributed by atoms with Gasteiger partial charge in [-0.25, -0.2) is 9.97 Å². The number of hydrogen-bond acceptors (Lipinski definition) is 5. The summed E-state index contributed by atoms with van der Waals surface area (Å²) < 4.78 is 36.9. The van der Waals surface area contributed by atoms with Gasteiger partial charge in [0.1, 0.15) is 12.4 Å². The number of hydrogen-bond donors (Lipinski definition) is 2. The van der Waals surface area contributed by atoms with E-state index in [0.29, 0.717) is 10.7 Å². The van der Waals surface area contributed by atoms with Crippen LogP contribution in [0.5, 0.6) is 0 Å². The highest BCUT2D eigenvalue weighted by atomic mass is 19.4. The second-order valence-electron chi connectivity index (χ2n) is 4.57. The predicted octanol–water partition coefficient (Wildman–Crippen LogP) is 1.52. The van der Waals surface area contributed by atoms with Gasteiger partial charge in [0.05, 0.1) is 11.9 Å². The van der Waals surface area contributed by atoms with Gasteiger partial charge >= 0.3 is 6.18 Å². The van der Waals surface area contributed by atoms with E-state index in [1.807, 2.05) is 0 Å². The Labute approximate surface area is 114 Å². The Kier molecular flexibility index (Phi) is 4.88. The van der Waals surface area contributed by atoms with E-state index in [1.54, 1.807) is 13.8 Å². The molecule has 20 heavy (non-hydrogen) atoms. The Bertz CT molecular complexity index is 489. The Hall–Kier alpha value is -1.90. The fourth-order valence-corrected chi connectivity index (χ4v) is 1.46. The van der Waals surface area contributed by atoms with Gasteiger partial charge in [0, 0.05) is 13.0 Å². The van der Waals surface area contributed by atoms with Gasteiger partial charge in [-0.15, -0.1) is 0 Å². The molecule has 0 bridgehead atoms. The van der Waals surface area contributed by atoms with E-state index >= 15 is 0 Å². The van der Waals surface area contributed by atoms with Crippen molar-refractivity contribution in [3.05, 3.63) is 17.7 Å². The number of aromatic nitrogens is 2. The molecular formula is C11H16F3N5O. The van der Waals surface area contributed by atoms with Crippen LogP contribution >= 0.6 is 0 Å². The number of alkyl halides is 3. The van der Waals surface area contributed by atoms with Gasteiger partial charge < -0.3 is 10.3 Å². The van der Waals surface area contributed by atoms with Crippen LogP contribution < -0.4 is 11.3 Å². The van der Waals surface area contributed by atoms with Crippen molar-refractivity contribution in [1.82, 2.24) is 14.9 Å². The van der Waals surface area contributed by atoms with Crippen LogP contribution in [-0.2, 0) is 0 Å². The lowest BCUT2D eigenvalue weighted by Crippen LogP contribution is -2.37. The fraction of sp³-hybridized carbons (Fsp3) is 0.545. The van der Waals surface area contributed by atoms with Gasteiger partial charge in [-0.2, -0.15) is 13.2 Å². The number of nitrogens with two attached hydrogens (primary N) is 1. The molecule has 0 aliphatic carbocycles. The molecule has 1 amide bonds. The predicted molar refractivity (Wildman–Crippen MR) is 66.9 cm³/mol. The molecule has 0 saturated heterocycles. The average Bonchev–Trinajstić information content (AvgIpc) is 2.34. The average molecular weight is 291 g/mol. The minimum Gasteiger partial charge on any atom is -0.331 e. The summed E-state index contributed by atoms with van der Waals surface area (Å²) in [6.45, 7) is 2.24. The lowest BCUT2D eigenvalue weighted by molar-refractivity contribution is -0.138. The van der Waals surface area contributed by atoms with Gasteiger partial charge in [-0.3, -0.25) is 10.6 Å². The summed E-state index contributed by atoms with van der Waals surface area (Å²) in [6, 6.07) is 0. The number of anilines is 1. The molecule has 0 radical (unpaired) electrons. The highest BCUT2D eigenvalue weighted by Gasteiger charge is 2.32. The number of nitrogens with one attached hydrogen (secondary N) is 1. The summed E-state index contributed by atoms with van der Waals surface area (Å²) in [5, 5.41) is 0. The minimum absolute atomic E-state index is 0.0682. The van der Waals surface area contributed by atoms with Gasteiger partial charge in [-0.1, -0.05) is 13.8 Å². The van der Waals surface area contributed by atoms with E-state index in [1.165, 1.54) is 6.20 Å².